The van der Waals surface area contributed by atoms with Gasteiger partial charge in [-0.25, -0.2) is 0 Å². The third-order valence-corrected chi connectivity index (χ3v) is 4.54. The van der Waals surface area contributed by atoms with Crippen LogP contribution in [0.4, 0.5) is 0 Å². The molecule has 3 unspecified atom stereocenters. The van der Waals surface area contributed by atoms with Gasteiger partial charge in [0.1, 0.15) is 5.76 Å². The molecule has 3 nitrogen and oxygen atoms in total. The second kappa shape index (κ2) is 6.39. The topological polar surface area (TPSA) is 51.2 Å². The molecule has 3 N–H and O–H groups in total. The van der Waals surface area contributed by atoms with E-state index in [1.807, 2.05) is 0 Å². The van der Waals surface area contributed by atoms with Crippen molar-refractivity contribution in [3.8, 4) is 0 Å². The van der Waals surface area contributed by atoms with E-state index in [9.17, 15) is 0 Å². The van der Waals surface area contributed by atoms with Gasteiger partial charge in [0, 0.05) is 12.0 Å². The molecule has 0 bridgehead atoms. The molecule has 102 valence electrons. The third-order valence-electron chi connectivity index (χ3n) is 4.54. The van der Waals surface area contributed by atoms with Crippen LogP contribution < -0.4 is 11.3 Å². The first-order valence-corrected chi connectivity index (χ1v) is 7.34. The van der Waals surface area contributed by atoms with E-state index in [1.165, 1.54) is 37.7 Å². The molecule has 0 spiro atoms. The van der Waals surface area contributed by atoms with Gasteiger partial charge in [-0.1, -0.05) is 39.5 Å². The van der Waals surface area contributed by atoms with E-state index >= 15 is 0 Å². The number of nitrogens with two attached hydrogens (primary N) is 1. The van der Waals surface area contributed by atoms with Crippen LogP contribution in [0.25, 0.3) is 0 Å². The maximum absolute atomic E-state index is 5.84. The van der Waals surface area contributed by atoms with Crippen LogP contribution in [-0.2, 0) is 6.42 Å². The van der Waals surface area contributed by atoms with Gasteiger partial charge in [0.15, 0.2) is 0 Å². The molecule has 3 atom stereocenters. The maximum atomic E-state index is 5.84. The molecule has 1 aliphatic rings. The highest BCUT2D eigenvalue weighted by Crippen LogP contribution is 2.41. The summed E-state index contributed by atoms with van der Waals surface area (Å²) in [6, 6.07) is 2.34. The zero-order valence-corrected chi connectivity index (χ0v) is 11.6. The average molecular weight is 250 g/mol. The highest BCUT2D eigenvalue weighted by molar-refractivity contribution is 5.22. The minimum atomic E-state index is 0.254. The lowest BCUT2D eigenvalue weighted by atomic mass is 9.72. The molecule has 0 saturated heterocycles. The molecule has 2 rings (SSSR count). The Bertz CT molecular complexity index is 361. The van der Waals surface area contributed by atoms with Gasteiger partial charge in [0.2, 0.25) is 0 Å². The number of rotatable bonds is 5. The molecule has 1 fully saturated rings. The minimum Gasteiger partial charge on any atom is -0.469 e. The van der Waals surface area contributed by atoms with E-state index in [-0.39, 0.29) is 6.04 Å². The summed E-state index contributed by atoms with van der Waals surface area (Å²) in [5.41, 5.74) is 4.32. The van der Waals surface area contributed by atoms with Gasteiger partial charge < -0.3 is 4.42 Å². The van der Waals surface area contributed by atoms with Crippen LogP contribution >= 0.6 is 0 Å². The predicted molar refractivity (Wildman–Crippen MR) is 73.9 cm³/mol. The fraction of sp³-hybridized carbons (Fsp3) is 0.733. The van der Waals surface area contributed by atoms with E-state index in [1.54, 1.807) is 6.26 Å². The van der Waals surface area contributed by atoms with Crippen molar-refractivity contribution in [3.05, 3.63) is 23.7 Å². The Morgan fingerprint density at radius 3 is 2.83 bits per heavy atom. The van der Waals surface area contributed by atoms with Crippen molar-refractivity contribution < 1.29 is 4.42 Å². The number of nitrogens with one attached hydrogen (secondary N) is 1. The summed E-state index contributed by atoms with van der Waals surface area (Å²) in [6.07, 6.45) is 9.31. The quantitative estimate of drug-likeness (QED) is 0.620. The SMILES string of the molecule is CCc1occc1C(NN)C1CCCCC1CC. The van der Waals surface area contributed by atoms with Crippen LogP contribution in [0.1, 0.15) is 63.3 Å². The van der Waals surface area contributed by atoms with Crippen LogP contribution in [0.2, 0.25) is 0 Å². The van der Waals surface area contributed by atoms with Gasteiger partial charge in [-0.2, -0.15) is 0 Å². The molecule has 1 aliphatic carbocycles. The second-order valence-corrected chi connectivity index (χ2v) is 5.41. The summed E-state index contributed by atoms with van der Waals surface area (Å²) in [5, 5.41) is 0. The van der Waals surface area contributed by atoms with Gasteiger partial charge in [-0.05, 0) is 24.3 Å². The smallest absolute Gasteiger partial charge is 0.108 e. The molecular formula is C15H26N2O. The predicted octanol–water partition coefficient (Wildman–Crippen LogP) is 3.56. The van der Waals surface area contributed by atoms with Crippen molar-refractivity contribution in [3.63, 3.8) is 0 Å². The van der Waals surface area contributed by atoms with Crippen LogP contribution in [0.3, 0.4) is 0 Å². The van der Waals surface area contributed by atoms with Crippen molar-refractivity contribution in [2.45, 2.75) is 58.4 Å². The minimum absolute atomic E-state index is 0.254. The highest BCUT2D eigenvalue weighted by Gasteiger charge is 2.32. The number of aryl methyl sites for hydroxylation is 1. The molecule has 3 heteroatoms. The van der Waals surface area contributed by atoms with Crippen LogP contribution in [0.5, 0.6) is 0 Å². The molecule has 1 saturated carbocycles. The van der Waals surface area contributed by atoms with Gasteiger partial charge in [-0.15, -0.1) is 0 Å². The molecule has 0 radical (unpaired) electrons. The summed E-state index contributed by atoms with van der Waals surface area (Å²) >= 11 is 0. The molecule has 0 aromatic carbocycles. The summed E-state index contributed by atoms with van der Waals surface area (Å²) in [6.45, 7) is 4.43. The lowest BCUT2D eigenvalue weighted by Gasteiger charge is -2.36. The molecular weight excluding hydrogens is 224 g/mol. The lowest BCUT2D eigenvalue weighted by Crippen LogP contribution is -2.38. The van der Waals surface area contributed by atoms with Crippen molar-refractivity contribution in [2.75, 3.05) is 0 Å². The van der Waals surface area contributed by atoms with E-state index in [4.69, 9.17) is 10.3 Å². The number of hydrogen-bond donors (Lipinski definition) is 2. The first kappa shape index (κ1) is 13.6. The van der Waals surface area contributed by atoms with Crippen molar-refractivity contribution >= 4 is 0 Å². The lowest BCUT2D eigenvalue weighted by molar-refractivity contribution is 0.175. The summed E-state index contributed by atoms with van der Waals surface area (Å²) < 4.78 is 5.56. The van der Waals surface area contributed by atoms with Crippen molar-refractivity contribution in [2.24, 2.45) is 17.7 Å². The molecule has 1 aromatic heterocycles. The second-order valence-electron chi connectivity index (χ2n) is 5.41. The Morgan fingerprint density at radius 1 is 1.39 bits per heavy atom. The zero-order chi connectivity index (χ0) is 13.0. The molecule has 0 aliphatic heterocycles. The number of hydrogen-bond acceptors (Lipinski definition) is 3. The number of furan rings is 1. The van der Waals surface area contributed by atoms with Gasteiger partial charge >= 0.3 is 0 Å². The number of hydrazine groups is 1. The summed E-state index contributed by atoms with van der Waals surface area (Å²) in [4.78, 5) is 0. The molecule has 1 aromatic rings. The first-order valence-electron chi connectivity index (χ1n) is 7.34. The van der Waals surface area contributed by atoms with E-state index < -0.39 is 0 Å². The van der Waals surface area contributed by atoms with E-state index in [2.05, 4.69) is 25.3 Å². The summed E-state index contributed by atoms with van der Waals surface area (Å²) in [5.74, 6) is 8.37. The van der Waals surface area contributed by atoms with Crippen LogP contribution in [0.15, 0.2) is 16.7 Å². The van der Waals surface area contributed by atoms with Crippen molar-refractivity contribution in [1.29, 1.82) is 0 Å². The Hall–Kier alpha value is -0.800. The normalized spacial score (nSPS) is 26.2. The summed E-state index contributed by atoms with van der Waals surface area (Å²) in [7, 11) is 0. The van der Waals surface area contributed by atoms with Crippen molar-refractivity contribution in [1.82, 2.24) is 5.43 Å². The average Bonchev–Trinajstić information content (AvgIpc) is 2.88. The monoisotopic (exact) mass is 250 g/mol. The third kappa shape index (κ3) is 2.62. The van der Waals surface area contributed by atoms with Gasteiger partial charge in [-0.3, -0.25) is 11.3 Å². The van der Waals surface area contributed by atoms with E-state index in [0.29, 0.717) is 5.92 Å². The maximum Gasteiger partial charge on any atom is 0.108 e. The standard InChI is InChI=1S/C15H26N2O/c1-3-11-7-5-6-8-12(11)15(17-16)13-9-10-18-14(13)4-2/h9-12,15,17H,3-8,16H2,1-2H3. The Morgan fingerprint density at radius 2 is 2.17 bits per heavy atom. The Labute approximate surface area is 110 Å². The zero-order valence-electron chi connectivity index (χ0n) is 11.6. The fourth-order valence-corrected chi connectivity index (χ4v) is 3.54. The highest BCUT2D eigenvalue weighted by atomic mass is 16.3. The molecule has 18 heavy (non-hydrogen) atoms. The Kier molecular flexibility index (Phi) is 4.84. The fourth-order valence-electron chi connectivity index (χ4n) is 3.54. The molecule has 0 amide bonds. The van der Waals surface area contributed by atoms with Gasteiger partial charge in [0.05, 0.1) is 12.3 Å². The first-order chi connectivity index (χ1) is 8.81. The van der Waals surface area contributed by atoms with E-state index in [0.717, 1.165) is 18.1 Å². The van der Waals surface area contributed by atoms with Crippen LogP contribution in [-0.4, -0.2) is 0 Å². The Balaban J connectivity index is 2.21. The molecule has 1 heterocycles. The van der Waals surface area contributed by atoms with Gasteiger partial charge in [0.25, 0.3) is 0 Å². The van der Waals surface area contributed by atoms with Crippen LogP contribution in [0, 0.1) is 11.8 Å². The largest absolute Gasteiger partial charge is 0.469 e.